The van der Waals surface area contributed by atoms with Crippen LogP contribution in [0.3, 0.4) is 0 Å². The lowest BCUT2D eigenvalue weighted by Crippen LogP contribution is -2.32. The van der Waals surface area contributed by atoms with Crippen molar-refractivity contribution in [1.82, 2.24) is 25.1 Å². The lowest BCUT2D eigenvalue weighted by molar-refractivity contribution is -0.123. The standard InChI is InChI=1S/C23H20FN5O4/c1-15(30)16-4-8-19(9-5-16)33-14-21(31)25-12-13-32-22-11-10-20-26-27-23(29(20)28-22)17-2-6-18(24)7-3-17/h2-11H,12-14H2,1H3,(H,25,31). The van der Waals surface area contributed by atoms with Gasteiger partial charge in [-0.3, -0.25) is 9.59 Å². The number of ether oxygens (including phenoxy) is 2. The summed E-state index contributed by atoms with van der Waals surface area (Å²) < 4.78 is 25.7. The summed E-state index contributed by atoms with van der Waals surface area (Å²) in [5.74, 6) is 0.579. The number of rotatable bonds is 9. The second-order valence-corrected chi connectivity index (χ2v) is 7.04. The van der Waals surface area contributed by atoms with Crippen LogP contribution in [-0.4, -0.2) is 51.3 Å². The van der Waals surface area contributed by atoms with Crippen LogP contribution in [0.15, 0.2) is 60.7 Å². The molecule has 0 fully saturated rings. The van der Waals surface area contributed by atoms with Gasteiger partial charge >= 0.3 is 0 Å². The van der Waals surface area contributed by atoms with Crippen molar-refractivity contribution in [3.05, 3.63) is 72.0 Å². The molecule has 10 heteroatoms. The van der Waals surface area contributed by atoms with Gasteiger partial charge in [0.2, 0.25) is 5.88 Å². The first-order valence-corrected chi connectivity index (χ1v) is 10.1. The number of Topliss-reactive ketones (excluding diaryl/α,β-unsaturated/α-hetero) is 1. The number of benzene rings is 2. The highest BCUT2D eigenvalue weighted by molar-refractivity contribution is 5.94. The summed E-state index contributed by atoms with van der Waals surface area (Å²) in [7, 11) is 0. The molecule has 2 aromatic heterocycles. The number of ketones is 1. The molecule has 33 heavy (non-hydrogen) atoms. The summed E-state index contributed by atoms with van der Waals surface area (Å²) >= 11 is 0. The summed E-state index contributed by atoms with van der Waals surface area (Å²) in [5.41, 5.74) is 1.76. The topological polar surface area (TPSA) is 108 Å². The zero-order valence-electron chi connectivity index (χ0n) is 17.7. The molecule has 0 aliphatic heterocycles. The largest absolute Gasteiger partial charge is 0.484 e. The predicted octanol–water partition coefficient (Wildman–Crippen LogP) is 2.71. The van der Waals surface area contributed by atoms with E-state index in [1.165, 1.54) is 23.6 Å². The average Bonchev–Trinajstić information content (AvgIpc) is 3.24. The van der Waals surface area contributed by atoms with Gasteiger partial charge in [-0.05, 0) is 61.5 Å². The Kier molecular flexibility index (Phi) is 6.53. The number of halogens is 1. The molecule has 0 saturated heterocycles. The first-order chi connectivity index (χ1) is 16.0. The van der Waals surface area contributed by atoms with Crippen molar-refractivity contribution >= 4 is 17.3 Å². The highest BCUT2D eigenvalue weighted by atomic mass is 19.1. The number of hydrogen-bond donors (Lipinski definition) is 1. The molecule has 0 saturated carbocycles. The Morgan fingerprint density at radius 1 is 0.970 bits per heavy atom. The molecule has 4 rings (SSSR count). The number of aromatic nitrogens is 4. The first-order valence-electron chi connectivity index (χ1n) is 10.1. The maximum absolute atomic E-state index is 13.2. The number of nitrogens with one attached hydrogen (secondary N) is 1. The molecule has 1 N–H and O–H groups in total. The van der Waals surface area contributed by atoms with Crippen molar-refractivity contribution in [1.29, 1.82) is 0 Å². The highest BCUT2D eigenvalue weighted by Gasteiger charge is 2.11. The second-order valence-electron chi connectivity index (χ2n) is 7.04. The average molecular weight is 449 g/mol. The van der Waals surface area contributed by atoms with Gasteiger partial charge in [0.1, 0.15) is 18.2 Å². The van der Waals surface area contributed by atoms with E-state index in [4.69, 9.17) is 9.47 Å². The van der Waals surface area contributed by atoms with E-state index in [0.29, 0.717) is 34.2 Å². The SMILES string of the molecule is CC(=O)c1ccc(OCC(=O)NCCOc2ccc3nnc(-c4ccc(F)cc4)n3n2)cc1. The third kappa shape index (κ3) is 5.48. The molecule has 4 aromatic rings. The van der Waals surface area contributed by atoms with E-state index < -0.39 is 0 Å². The molecule has 0 atom stereocenters. The van der Waals surface area contributed by atoms with Crippen molar-refractivity contribution in [3.63, 3.8) is 0 Å². The second kappa shape index (κ2) is 9.86. The van der Waals surface area contributed by atoms with Gasteiger partial charge in [0.25, 0.3) is 5.91 Å². The Morgan fingerprint density at radius 2 is 1.73 bits per heavy atom. The molecule has 0 aliphatic rings. The van der Waals surface area contributed by atoms with E-state index in [2.05, 4.69) is 20.6 Å². The monoisotopic (exact) mass is 449 g/mol. The molecule has 2 heterocycles. The van der Waals surface area contributed by atoms with Crippen molar-refractivity contribution in [2.75, 3.05) is 19.8 Å². The molecule has 0 unspecified atom stereocenters. The van der Waals surface area contributed by atoms with E-state index in [0.717, 1.165) is 0 Å². The van der Waals surface area contributed by atoms with Gasteiger partial charge in [0.05, 0.1) is 6.54 Å². The Morgan fingerprint density at radius 3 is 2.45 bits per heavy atom. The first kappa shape index (κ1) is 21.9. The van der Waals surface area contributed by atoms with Crippen LogP contribution in [-0.2, 0) is 4.79 Å². The fourth-order valence-corrected chi connectivity index (χ4v) is 2.96. The van der Waals surface area contributed by atoms with E-state index in [-0.39, 0.29) is 37.3 Å². The highest BCUT2D eigenvalue weighted by Crippen LogP contribution is 2.19. The molecule has 0 bridgehead atoms. The molecular weight excluding hydrogens is 429 g/mol. The van der Waals surface area contributed by atoms with Crippen LogP contribution in [0, 0.1) is 5.82 Å². The van der Waals surface area contributed by atoms with E-state index in [9.17, 15) is 14.0 Å². The Balaban J connectivity index is 1.26. The third-order valence-electron chi connectivity index (χ3n) is 4.65. The summed E-state index contributed by atoms with van der Waals surface area (Å²) in [6.45, 7) is 1.75. The number of hydrogen-bond acceptors (Lipinski definition) is 7. The van der Waals surface area contributed by atoms with E-state index in [1.807, 2.05) is 0 Å². The number of nitrogens with zero attached hydrogens (tertiary/aromatic N) is 4. The lowest BCUT2D eigenvalue weighted by Gasteiger charge is -2.09. The minimum atomic E-state index is -0.345. The van der Waals surface area contributed by atoms with Crippen LogP contribution in [0.5, 0.6) is 11.6 Å². The molecule has 168 valence electrons. The minimum Gasteiger partial charge on any atom is -0.484 e. The van der Waals surface area contributed by atoms with Crippen LogP contribution in [0.1, 0.15) is 17.3 Å². The van der Waals surface area contributed by atoms with Crippen LogP contribution < -0.4 is 14.8 Å². The molecule has 1 amide bonds. The van der Waals surface area contributed by atoms with Crippen LogP contribution in [0.25, 0.3) is 17.0 Å². The van der Waals surface area contributed by atoms with Gasteiger partial charge in [-0.2, -0.15) is 4.52 Å². The Bertz CT molecular complexity index is 1270. The Labute approximate surface area is 188 Å². The summed E-state index contributed by atoms with van der Waals surface area (Å²) in [4.78, 5) is 23.2. The van der Waals surface area contributed by atoms with Gasteiger partial charge < -0.3 is 14.8 Å². The maximum Gasteiger partial charge on any atom is 0.258 e. The molecule has 2 aromatic carbocycles. The fourth-order valence-electron chi connectivity index (χ4n) is 2.96. The number of carbonyl (C=O) groups is 2. The van der Waals surface area contributed by atoms with Crippen molar-refractivity contribution < 1.29 is 23.5 Å². The maximum atomic E-state index is 13.2. The van der Waals surface area contributed by atoms with Gasteiger partial charge in [0, 0.05) is 17.2 Å². The molecule has 0 spiro atoms. The van der Waals surface area contributed by atoms with Crippen molar-refractivity contribution in [2.24, 2.45) is 0 Å². The zero-order valence-corrected chi connectivity index (χ0v) is 17.7. The predicted molar refractivity (Wildman–Crippen MR) is 117 cm³/mol. The number of fused-ring (bicyclic) bond motifs is 1. The number of amides is 1. The van der Waals surface area contributed by atoms with E-state index >= 15 is 0 Å². The van der Waals surface area contributed by atoms with Gasteiger partial charge in [-0.15, -0.1) is 15.3 Å². The molecule has 0 radical (unpaired) electrons. The van der Waals surface area contributed by atoms with Gasteiger partial charge in [0.15, 0.2) is 23.9 Å². The summed E-state index contributed by atoms with van der Waals surface area (Å²) in [6, 6.07) is 15.8. The van der Waals surface area contributed by atoms with Gasteiger partial charge in [-0.1, -0.05) is 0 Å². The molecule has 0 aliphatic carbocycles. The third-order valence-corrected chi connectivity index (χ3v) is 4.65. The van der Waals surface area contributed by atoms with Gasteiger partial charge in [-0.25, -0.2) is 4.39 Å². The van der Waals surface area contributed by atoms with Crippen LogP contribution in [0.4, 0.5) is 4.39 Å². The lowest BCUT2D eigenvalue weighted by atomic mass is 10.1. The minimum absolute atomic E-state index is 0.0380. The Hall–Kier alpha value is -4.34. The number of carbonyl (C=O) groups excluding carboxylic acids is 2. The normalized spacial score (nSPS) is 10.7. The van der Waals surface area contributed by atoms with Crippen molar-refractivity contribution in [3.8, 4) is 23.0 Å². The summed E-state index contributed by atoms with van der Waals surface area (Å²) in [5, 5.41) is 15.2. The molecule has 9 nitrogen and oxygen atoms in total. The van der Waals surface area contributed by atoms with Crippen LogP contribution in [0.2, 0.25) is 0 Å². The summed E-state index contributed by atoms with van der Waals surface area (Å²) in [6.07, 6.45) is 0. The van der Waals surface area contributed by atoms with Crippen molar-refractivity contribution in [2.45, 2.75) is 6.92 Å². The molecular formula is C23H20FN5O4. The smallest absolute Gasteiger partial charge is 0.258 e. The van der Waals surface area contributed by atoms with Crippen LogP contribution >= 0.6 is 0 Å². The fraction of sp³-hybridized carbons (Fsp3) is 0.174. The van der Waals surface area contributed by atoms with E-state index in [1.54, 1.807) is 48.5 Å². The quantitative estimate of drug-likeness (QED) is 0.309. The zero-order chi connectivity index (χ0) is 23.2.